The van der Waals surface area contributed by atoms with Gasteiger partial charge in [0, 0.05) is 39.3 Å². The maximum Gasteiger partial charge on any atom is 0.236 e. The van der Waals surface area contributed by atoms with Crippen LogP contribution in [0.25, 0.3) is 0 Å². The van der Waals surface area contributed by atoms with Gasteiger partial charge in [-0.1, -0.05) is 23.7 Å². The Bertz CT molecular complexity index is 512. The highest BCUT2D eigenvalue weighted by Crippen LogP contribution is 2.25. The molecule has 22 heavy (non-hydrogen) atoms. The molecule has 0 radical (unpaired) electrons. The third-order valence-corrected chi connectivity index (χ3v) is 4.61. The SMILES string of the molecule is O=C(CN1CCN(c2ccccc2Cl)CC1)N1CCOCC1. The Balaban J connectivity index is 1.49. The molecule has 2 aliphatic rings. The molecule has 2 saturated heterocycles. The highest BCUT2D eigenvalue weighted by molar-refractivity contribution is 6.33. The van der Waals surface area contributed by atoms with Crippen LogP contribution in [0.1, 0.15) is 0 Å². The average Bonchev–Trinajstić information content (AvgIpc) is 2.57. The van der Waals surface area contributed by atoms with Gasteiger partial charge in [-0.05, 0) is 12.1 Å². The third kappa shape index (κ3) is 3.72. The Hall–Kier alpha value is -1.30. The minimum Gasteiger partial charge on any atom is -0.378 e. The van der Waals surface area contributed by atoms with Crippen LogP contribution in [0.5, 0.6) is 0 Å². The summed E-state index contributed by atoms with van der Waals surface area (Å²) in [6.07, 6.45) is 0. The fourth-order valence-corrected chi connectivity index (χ4v) is 3.21. The summed E-state index contributed by atoms with van der Waals surface area (Å²) in [5.41, 5.74) is 1.09. The topological polar surface area (TPSA) is 36.0 Å². The van der Waals surface area contributed by atoms with Gasteiger partial charge in [-0.15, -0.1) is 0 Å². The van der Waals surface area contributed by atoms with Crippen molar-refractivity contribution >= 4 is 23.2 Å². The second kappa shape index (κ2) is 7.31. The van der Waals surface area contributed by atoms with Gasteiger partial charge in [-0.3, -0.25) is 9.69 Å². The molecule has 2 aliphatic heterocycles. The van der Waals surface area contributed by atoms with Crippen molar-refractivity contribution in [1.29, 1.82) is 0 Å². The number of ether oxygens (including phenoxy) is 1. The van der Waals surface area contributed by atoms with Crippen LogP contribution in [0.4, 0.5) is 5.69 Å². The van der Waals surface area contributed by atoms with Crippen LogP contribution < -0.4 is 4.90 Å². The first-order valence-electron chi connectivity index (χ1n) is 7.81. The first-order valence-corrected chi connectivity index (χ1v) is 8.19. The zero-order valence-corrected chi connectivity index (χ0v) is 13.5. The van der Waals surface area contributed by atoms with Crippen molar-refractivity contribution in [2.45, 2.75) is 0 Å². The summed E-state index contributed by atoms with van der Waals surface area (Å²) in [6.45, 7) is 6.86. The maximum absolute atomic E-state index is 12.3. The zero-order chi connectivity index (χ0) is 15.4. The monoisotopic (exact) mass is 323 g/mol. The lowest BCUT2D eigenvalue weighted by atomic mass is 10.2. The van der Waals surface area contributed by atoms with Crippen molar-refractivity contribution in [3.05, 3.63) is 29.3 Å². The summed E-state index contributed by atoms with van der Waals surface area (Å²) in [5, 5.41) is 0.792. The van der Waals surface area contributed by atoms with Gasteiger partial charge in [0.05, 0.1) is 30.5 Å². The predicted molar refractivity (Wildman–Crippen MR) is 87.5 cm³/mol. The Morgan fingerprint density at radius 1 is 1.05 bits per heavy atom. The van der Waals surface area contributed by atoms with E-state index in [1.807, 2.05) is 23.1 Å². The average molecular weight is 324 g/mol. The molecule has 1 aromatic carbocycles. The second-order valence-corrected chi connectivity index (χ2v) is 6.11. The van der Waals surface area contributed by atoms with Gasteiger partial charge in [0.2, 0.25) is 5.91 Å². The molecule has 0 N–H and O–H groups in total. The Labute approximate surface area is 136 Å². The molecule has 0 atom stereocenters. The van der Waals surface area contributed by atoms with Crippen molar-refractivity contribution in [2.24, 2.45) is 0 Å². The van der Waals surface area contributed by atoms with Crippen molar-refractivity contribution in [1.82, 2.24) is 9.80 Å². The van der Waals surface area contributed by atoms with E-state index in [9.17, 15) is 4.79 Å². The van der Waals surface area contributed by atoms with Crippen LogP contribution in [0.3, 0.4) is 0 Å². The van der Waals surface area contributed by atoms with E-state index in [0.29, 0.717) is 19.8 Å². The zero-order valence-electron chi connectivity index (χ0n) is 12.7. The number of hydrogen-bond donors (Lipinski definition) is 0. The number of carbonyl (C=O) groups is 1. The molecule has 0 aromatic heterocycles. The second-order valence-electron chi connectivity index (χ2n) is 5.71. The number of nitrogens with zero attached hydrogens (tertiary/aromatic N) is 3. The summed E-state index contributed by atoms with van der Waals surface area (Å²) in [4.78, 5) is 18.7. The van der Waals surface area contributed by atoms with Crippen LogP contribution in [0.2, 0.25) is 5.02 Å². The van der Waals surface area contributed by atoms with E-state index in [-0.39, 0.29) is 5.91 Å². The maximum atomic E-state index is 12.3. The first-order chi connectivity index (χ1) is 10.7. The number of amides is 1. The molecule has 5 nitrogen and oxygen atoms in total. The predicted octanol–water partition coefficient (Wildman–Crippen LogP) is 1.32. The summed E-state index contributed by atoms with van der Waals surface area (Å²) < 4.78 is 5.29. The van der Waals surface area contributed by atoms with Gasteiger partial charge in [0.1, 0.15) is 0 Å². The van der Waals surface area contributed by atoms with Gasteiger partial charge >= 0.3 is 0 Å². The summed E-state index contributed by atoms with van der Waals surface area (Å²) in [7, 11) is 0. The molecule has 2 heterocycles. The molecule has 0 aliphatic carbocycles. The van der Waals surface area contributed by atoms with Crippen molar-refractivity contribution in [3.63, 3.8) is 0 Å². The lowest BCUT2D eigenvalue weighted by Gasteiger charge is -2.37. The van der Waals surface area contributed by atoms with Crippen LogP contribution in [0, 0.1) is 0 Å². The molecule has 0 saturated carbocycles. The van der Waals surface area contributed by atoms with E-state index in [4.69, 9.17) is 16.3 Å². The van der Waals surface area contributed by atoms with E-state index in [1.165, 1.54) is 0 Å². The number of benzene rings is 1. The lowest BCUT2D eigenvalue weighted by molar-refractivity contribution is -0.136. The Morgan fingerprint density at radius 2 is 1.73 bits per heavy atom. The molecule has 3 rings (SSSR count). The molecular weight excluding hydrogens is 302 g/mol. The van der Waals surface area contributed by atoms with Crippen LogP contribution in [0.15, 0.2) is 24.3 Å². The molecule has 1 amide bonds. The number of rotatable bonds is 3. The van der Waals surface area contributed by atoms with Crippen molar-refractivity contribution in [2.75, 3.05) is 63.9 Å². The number of para-hydroxylation sites is 1. The van der Waals surface area contributed by atoms with Gasteiger partial charge < -0.3 is 14.5 Å². The van der Waals surface area contributed by atoms with E-state index < -0.39 is 0 Å². The summed E-state index contributed by atoms with van der Waals surface area (Å²) in [6, 6.07) is 7.93. The molecular formula is C16H22ClN3O2. The first kappa shape index (κ1) is 15.6. The number of morpholine rings is 1. The minimum atomic E-state index is 0.217. The summed E-state index contributed by atoms with van der Waals surface area (Å²) in [5.74, 6) is 0.217. The summed E-state index contributed by atoms with van der Waals surface area (Å²) >= 11 is 6.25. The van der Waals surface area contributed by atoms with E-state index in [0.717, 1.165) is 50.0 Å². The highest BCUT2D eigenvalue weighted by Gasteiger charge is 2.23. The largest absolute Gasteiger partial charge is 0.378 e. The third-order valence-electron chi connectivity index (χ3n) is 4.29. The molecule has 0 spiro atoms. The minimum absolute atomic E-state index is 0.217. The number of halogens is 1. The lowest BCUT2D eigenvalue weighted by Crippen LogP contribution is -2.51. The molecule has 0 bridgehead atoms. The van der Waals surface area contributed by atoms with Crippen LogP contribution in [-0.2, 0) is 9.53 Å². The normalized spacial score (nSPS) is 20.2. The number of hydrogen-bond acceptors (Lipinski definition) is 4. The van der Waals surface area contributed by atoms with Crippen molar-refractivity contribution < 1.29 is 9.53 Å². The highest BCUT2D eigenvalue weighted by atomic mass is 35.5. The van der Waals surface area contributed by atoms with Gasteiger partial charge in [-0.2, -0.15) is 0 Å². The smallest absolute Gasteiger partial charge is 0.236 e. The quantitative estimate of drug-likeness (QED) is 0.840. The number of anilines is 1. The van der Waals surface area contributed by atoms with E-state index in [1.54, 1.807) is 0 Å². The van der Waals surface area contributed by atoms with Crippen molar-refractivity contribution in [3.8, 4) is 0 Å². The molecule has 1 aromatic rings. The number of piperazine rings is 1. The molecule has 6 heteroatoms. The Morgan fingerprint density at radius 3 is 2.41 bits per heavy atom. The molecule has 0 unspecified atom stereocenters. The molecule has 120 valence electrons. The molecule has 2 fully saturated rings. The standard InChI is InChI=1S/C16H22ClN3O2/c17-14-3-1-2-4-15(14)19-7-5-18(6-8-19)13-16(21)20-9-11-22-12-10-20/h1-4H,5-13H2. The Kier molecular flexibility index (Phi) is 5.18. The fourth-order valence-electron chi connectivity index (χ4n) is 2.96. The number of carbonyl (C=O) groups excluding carboxylic acids is 1. The van der Waals surface area contributed by atoms with E-state index >= 15 is 0 Å². The van der Waals surface area contributed by atoms with Crippen LogP contribution in [-0.4, -0.2) is 74.7 Å². The van der Waals surface area contributed by atoms with Gasteiger partial charge in [-0.25, -0.2) is 0 Å². The van der Waals surface area contributed by atoms with E-state index in [2.05, 4.69) is 15.9 Å². The van der Waals surface area contributed by atoms with Gasteiger partial charge in [0.15, 0.2) is 0 Å². The van der Waals surface area contributed by atoms with Crippen LogP contribution >= 0.6 is 11.6 Å². The van der Waals surface area contributed by atoms with Gasteiger partial charge in [0.25, 0.3) is 0 Å². The fraction of sp³-hybridized carbons (Fsp3) is 0.562.